The molecule has 8 nitrogen and oxygen atoms in total. The molecular formula is C43H40O8. The first-order valence-electron chi connectivity index (χ1n) is 16.5. The highest BCUT2D eigenvalue weighted by Crippen LogP contribution is 2.59. The monoisotopic (exact) mass is 684 g/mol. The van der Waals surface area contributed by atoms with Gasteiger partial charge in [-0.2, -0.15) is 0 Å². The largest absolute Gasteiger partial charge is 0.507 e. The smallest absolute Gasteiger partial charge is 0.205 e. The van der Waals surface area contributed by atoms with E-state index in [0.717, 1.165) is 22.3 Å². The number of rotatable bonds is 15. The molecule has 2 N–H and O–H groups in total. The molecule has 51 heavy (non-hydrogen) atoms. The molecule has 0 aromatic heterocycles. The molecule has 0 unspecified atom stereocenters. The van der Waals surface area contributed by atoms with Crippen LogP contribution in [0, 0.1) is 6.92 Å². The fraction of sp³-hybridized carbons (Fsp3) is 0.163. The normalized spacial score (nSPS) is 10.7. The van der Waals surface area contributed by atoms with Crippen molar-refractivity contribution in [2.24, 2.45) is 0 Å². The van der Waals surface area contributed by atoms with Gasteiger partial charge in [0.15, 0.2) is 23.0 Å². The summed E-state index contributed by atoms with van der Waals surface area (Å²) in [7, 11) is 2.94. The highest BCUT2D eigenvalue weighted by atomic mass is 16.5. The van der Waals surface area contributed by atoms with Crippen molar-refractivity contribution in [1.29, 1.82) is 0 Å². The third-order valence-electron chi connectivity index (χ3n) is 8.33. The summed E-state index contributed by atoms with van der Waals surface area (Å²) in [5, 5.41) is 23.7. The predicted octanol–water partition coefficient (Wildman–Crippen LogP) is 9.41. The molecule has 0 aliphatic heterocycles. The number of methoxy groups -OCH3 is 2. The Morgan fingerprint density at radius 3 is 1.24 bits per heavy atom. The van der Waals surface area contributed by atoms with Crippen LogP contribution >= 0.6 is 0 Å². The fourth-order valence-corrected chi connectivity index (χ4v) is 5.73. The summed E-state index contributed by atoms with van der Waals surface area (Å²) < 4.78 is 37.4. The molecule has 6 aromatic carbocycles. The fourth-order valence-electron chi connectivity index (χ4n) is 5.73. The Balaban J connectivity index is 1.50. The Morgan fingerprint density at radius 1 is 0.431 bits per heavy atom. The van der Waals surface area contributed by atoms with Gasteiger partial charge in [0, 0.05) is 11.6 Å². The summed E-state index contributed by atoms with van der Waals surface area (Å²) in [5.74, 6) is 0.887. The number of hydrogen-bond acceptors (Lipinski definition) is 8. The van der Waals surface area contributed by atoms with Crippen molar-refractivity contribution in [3.63, 3.8) is 0 Å². The summed E-state index contributed by atoms with van der Waals surface area (Å²) >= 11 is 0. The van der Waals surface area contributed by atoms with Gasteiger partial charge in [0.2, 0.25) is 11.5 Å². The molecule has 0 bridgehead atoms. The molecule has 0 aliphatic carbocycles. The van der Waals surface area contributed by atoms with Gasteiger partial charge in [0.25, 0.3) is 0 Å². The Hall–Kier alpha value is -6.28. The topological polar surface area (TPSA) is 95.8 Å². The number of benzene rings is 6. The molecule has 8 heteroatoms. The summed E-state index contributed by atoms with van der Waals surface area (Å²) in [4.78, 5) is 0. The van der Waals surface area contributed by atoms with Crippen LogP contribution in [-0.4, -0.2) is 24.4 Å². The highest BCUT2D eigenvalue weighted by Gasteiger charge is 2.33. The maximum Gasteiger partial charge on any atom is 0.205 e. The van der Waals surface area contributed by atoms with Crippen LogP contribution in [-0.2, 0) is 26.4 Å². The zero-order valence-electron chi connectivity index (χ0n) is 28.8. The van der Waals surface area contributed by atoms with E-state index in [0.29, 0.717) is 11.3 Å². The predicted molar refractivity (Wildman–Crippen MR) is 196 cm³/mol. The van der Waals surface area contributed by atoms with Crippen molar-refractivity contribution in [3.8, 4) is 57.1 Å². The lowest BCUT2D eigenvalue weighted by molar-refractivity contribution is 0.240. The van der Waals surface area contributed by atoms with E-state index < -0.39 is 0 Å². The maximum absolute atomic E-state index is 12.0. The maximum atomic E-state index is 12.0. The molecule has 0 saturated heterocycles. The third-order valence-corrected chi connectivity index (χ3v) is 8.33. The summed E-state index contributed by atoms with van der Waals surface area (Å²) in [6.45, 7) is 2.52. The molecule has 0 fully saturated rings. The standard InChI is InChI=1S/C43H40O8/c1-29-38(45)37(42(47-3)43(51-28-33-22-14-7-15-23-33)39(29)49-26-31-18-10-5-11-19-31)36-34(44)24-35(48-25-30-16-8-4-9-17-30)40(41(36)46-2)50-27-32-20-12-6-13-21-32/h4-24,44-45H,25-28H2,1-3H3. The molecule has 0 amide bonds. The molecule has 0 radical (unpaired) electrons. The Labute approximate surface area is 298 Å². The van der Waals surface area contributed by atoms with Crippen LogP contribution in [0.2, 0.25) is 0 Å². The Kier molecular flexibility index (Phi) is 11.1. The van der Waals surface area contributed by atoms with Crippen molar-refractivity contribution >= 4 is 0 Å². The van der Waals surface area contributed by atoms with Crippen LogP contribution in [0.5, 0.6) is 46.0 Å². The van der Waals surface area contributed by atoms with Gasteiger partial charge in [0.05, 0.1) is 25.3 Å². The van der Waals surface area contributed by atoms with Crippen LogP contribution in [0.3, 0.4) is 0 Å². The van der Waals surface area contributed by atoms with E-state index in [1.165, 1.54) is 20.3 Å². The second kappa shape index (κ2) is 16.4. The zero-order valence-corrected chi connectivity index (χ0v) is 28.8. The number of phenols is 2. The van der Waals surface area contributed by atoms with E-state index in [4.69, 9.17) is 28.4 Å². The van der Waals surface area contributed by atoms with Crippen LogP contribution in [0.15, 0.2) is 127 Å². The second-order valence-electron chi connectivity index (χ2n) is 11.8. The number of ether oxygens (including phenoxy) is 6. The quantitative estimate of drug-likeness (QED) is 0.111. The van der Waals surface area contributed by atoms with E-state index >= 15 is 0 Å². The molecular weight excluding hydrogens is 644 g/mol. The van der Waals surface area contributed by atoms with E-state index in [2.05, 4.69) is 0 Å². The molecule has 0 aliphatic rings. The lowest BCUT2D eigenvalue weighted by atomic mass is 9.96. The lowest BCUT2D eigenvalue weighted by Crippen LogP contribution is -2.07. The van der Waals surface area contributed by atoms with Gasteiger partial charge in [-0.3, -0.25) is 0 Å². The molecule has 260 valence electrons. The minimum absolute atomic E-state index is 0.129. The summed E-state index contributed by atoms with van der Waals surface area (Å²) in [6, 6.07) is 40.2. The average Bonchev–Trinajstić information content (AvgIpc) is 3.18. The minimum atomic E-state index is -0.234. The van der Waals surface area contributed by atoms with Crippen LogP contribution < -0.4 is 28.4 Å². The van der Waals surface area contributed by atoms with E-state index in [9.17, 15) is 10.2 Å². The van der Waals surface area contributed by atoms with Gasteiger partial charge in [-0.05, 0) is 29.2 Å². The number of phenolic OH excluding ortho intramolecular Hbond substituents is 2. The van der Waals surface area contributed by atoms with Gasteiger partial charge in [-0.1, -0.05) is 121 Å². The van der Waals surface area contributed by atoms with E-state index in [1.807, 2.05) is 121 Å². The van der Waals surface area contributed by atoms with Crippen LogP contribution in [0.25, 0.3) is 11.1 Å². The SMILES string of the molecule is COc1c(OCc2ccccc2)c(OCc2ccccc2)cc(O)c1-c1c(O)c(C)c(OCc2ccccc2)c(OCc2ccccc2)c1OC. The molecule has 0 saturated carbocycles. The molecule has 6 aromatic rings. The van der Waals surface area contributed by atoms with E-state index in [-0.39, 0.29) is 77.8 Å². The van der Waals surface area contributed by atoms with Gasteiger partial charge in [-0.25, -0.2) is 0 Å². The van der Waals surface area contributed by atoms with Crippen LogP contribution in [0.4, 0.5) is 0 Å². The lowest BCUT2D eigenvalue weighted by Gasteiger charge is -2.25. The summed E-state index contributed by atoms with van der Waals surface area (Å²) in [6.07, 6.45) is 0. The van der Waals surface area contributed by atoms with Crippen molar-refractivity contribution in [1.82, 2.24) is 0 Å². The first-order chi connectivity index (χ1) is 25.0. The van der Waals surface area contributed by atoms with Crippen LogP contribution in [0.1, 0.15) is 27.8 Å². The third kappa shape index (κ3) is 7.97. The molecule has 0 heterocycles. The van der Waals surface area contributed by atoms with Gasteiger partial charge in [0.1, 0.15) is 37.9 Å². The number of aromatic hydroxyl groups is 2. The zero-order chi connectivity index (χ0) is 35.6. The highest BCUT2D eigenvalue weighted by molar-refractivity contribution is 5.92. The first-order valence-corrected chi connectivity index (χ1v) is 16.5. The summed E-state index contributed by atoms with van der Waals surface area (Å²) in [5.41, 5.74) is 4.33. The molecule has 0 spiro atoms. The Bertz CT molecular complexity index is 2030. The number of hydrogen-bond donors (Lipinski definition) is 2. The molecule has 0 atom stereocenters. The minimum Gasteiger partial charge on any atom is -0.507 e. The van der Waals surface area contributed by atoms with Gasteiger partial charge >= 0.3 is 0 Å². The molecule has 6 rings (SSSR count). The second-order valence-corrected chi connectivity index (χ2v) is 11.8. The van der Waals surface area contributed by atoms with E-state index in [1.54, 1.807) is 6.92 Å². The van der Waals surface area contributed by atoms with Crippen molar-refractivity contribution in [2.45, 2.75) is 33.4 Å². The van der Waals surface area contributed by atoms with Gasteiger partial charge in [-0.15, -0.1) is 0 Å². The Morgan fingerprint density at radius 2 is 0.804 bits per heavy atom. The van der Waals surface area contributed by atoms with Crippen molar-refractivity contribution in [3.05, 3.63) is 155 Å². The van der Waals surface area contributed by atoms with Crippen molar-refractivity contribution in [2.75, 3.05) is 14.2 Å². The van der Waals surface area contributed by atoms with Crippen molar-refractivity contribution < 1.29 is 38.6 Å². The van der Waals surface area contributed by atoms with Gasteiger partial charge < -0.3 is 38.6 Å². The average molecular weight is 685 g/mol. The first kappa shape index (κ1) is 34.6.